The number of nitrogens with two attached hydrogens (primary N) is 1. The highest BCUT2D eigenvalue weighted by Crippen LogP contribution is 2.49. The molecular weight excluding hydrogens is 531 g/mol. The fraction of sp³-hybridized carbons (Fsp3) is 0.560. The van der Waals surface area contributed by atoms with Crippen LogP contribution >= 0.6 is 23.5 Å². The molecule has 4 rings (SSSR count). The smallest absolute Gasteiger partial charge is 0.281 e. The number of nitrogen functional groups attached to an aromatic ring is 1. The van der Waals surface area contributed by atoms with Crippen LogP contribution in [-0.2, 0) is 14.8 Å². The van der Waals surface area contributed by atoms with Gasteiger partial charge in [0.15, 0.2) is 5.03 Å². The molecule has 1 saturated heterocycles. The van der Waals surface area contributed by atoms with Gasteiger partial charge in [-0.2, -0.15) is 20.2 Å². The molecule has 2 unspecified atom stereocenters. The van der Waals surface area contributed by atoms with Crippen LogP contribution in [0.2, 0.25) is 0 Å². The molecule has 3 heterocycles. The average Bonchev–Trinajstić information content (AvgIpc) is 3.55. The maximum atomic E-state index is 13.3. The third kappa shape index (κ3) is 6.71. The normalized spacial score (nSPS) is 22.7. The van der Waals surface area contributed by atoms with E-state index in [1.54, 1.807) is 24.9 Å². The topological polar surface area (TPSA) is 128 Å². The first kappa shape index (κ1) is 28.0. The summed E-state index contributed by atoms with van der Waals surface area (Å²) in [4.78, 5) is 24.3. The van der Waals surface area contributed by atoms with E-state index in [-0.39, 0.29) is 21.9 Å². The highest BCUT2D eigenvalue weighted by molar-refractivity contribution is 8.03. The quantitative estimate of drug-likeness (QED) is 0.307. The summed E-state index contributed by atoms with van der Waals surface area (Å²) in [5.74, 6) is 3.41. The molecule has 202 valence electrons. The molecule has 1 aliphatic carbocycles. The van der Waals surface area contributed by atoms with Gasteiger partial charge in [0.25, 0.3) is 15.9 Å². The Bertz CT molecular complexity index is 1240. The van der Waals surface area contributed by atoms with E-state index < -0.39 is 15.9 Å². The number of thioether (sulfide) groups is 2. The van der Waals surface area contributed by atoms with Crippen LogP contribution in [0.25, 0.3) is 0 Å². The number of aromatic nitrogens is 2. The zero-order valence-corrected chi connectivity index (χ0v) is 24.1. The molecule has 0 spiro atoms. The van der Waals surface area contributed by atoms with E-state index in [1.165, 1.54) is 18.2 Å². The van der Waals surface area contributed by atoms with Gasteiger partial charge < -0.3 is 15.4 Å². The van der Waals surface area contributed by atoms with Crippen LogP contribution in [0, 0.1) is 5.92 Å². The number of hydrogen-bond acceptors (Lipinski definition) is 10. The Kier molecular flexibility index (Phi) is 8.61. The van der Waals surface area contributed by atoms with Gasteiger partial charge in [-0.25, -0.2) is 14.7 Å². The molecule has 12 heteroatoms. The molecule has 0 bridgehead atoms. The number of hydrogen-bond donors (Lipinski definition) is 2. The molecule has 2 aromatic rings. The zero-order chi connectivity index (χ0) is 26.8. The van der Waals surface area contributed by atoms with Crippen LogP contribution in [0.5, 0.6) is 0 Å². The van der Waals surface area contributed by atoms with Crippen molar-refractivity contribution in [2.75, 3.05) is 41.7 Å². The Balaban J connectivity index is 1.57. The number of carbonyl (C=O) groups is 1. The Morgan fingerprint density at radius 3 is 2.70 bits per heavy atom. The van der Waals surface area contributed by atoms with Crippen molar-refractivity contribution < 1.29 is 17.9 Å². The van der Waals surface area contributed by atoms with Crippen molar-refractivity contribution in [3.05, 3.63) is 41.6 Å². The fourth-order valence-electron chi connectivity index (χ4n) is 4.89. The molecule has 37 heavy (non-hydrogen) atoms. The van der Waals surface area contributed by atoms with E-state index >= 15 is 0 Å². The number of methoxy groups -OCH3 is 1. The van der Waals surface area contributed by atoms with Gasteiger partial charge >= 0.3 is 0 Å². The van der Waals surface area contributed by atoms with Crippen LogP contribution in [0.4, 0.5) is 11.6 Å². The number of carbonyl (C=O) groups excluding carboxylic acids is 1. The minimum atomic E-state index is -4.20. The maximum absolute atomic E-state index is 13.3. The summed E-state index contributed by atoms with van der Waals surface area (Å²) < 4.78 is 33.0. The summed E-state index contributed by atoms with van der Waals surface area (Å²) in [5, 5.41) is 0.201. The van der Waals surface area contributed by atoms with Crippen LogP contribution < -0.4 is 15.4 Å². The predicted molar refractivity (Wildman–Crippen MR) is 151 cm³/mol. The van der Waals surface area contributed by atoms with Crippen LogP contribution in [0.15, 0.2) is 35.4 Å². The van der Waals surface area contributed by atoms with E-state index in [1.807, 2.05) is 17.8 Å². The summed E-state index contributed by atoms with van der Waals surface area (Å²) in [5.41, 5.74) is 6.61. The Morgan fingerprint density at radius 2 is 2.03 bits per heavy atom. The van der Waals surface area contributed by atoms with Gasteiger partial charge in [0.05, 0.1) is 11.5 Å². The summed E-state index contributed by atoms with van der Waals surface area (Å²) in [7, 11) is -2.50. The van der Waals surface area contributed by atoms with Crippen molar-refractivity contribution in [2.24, 2.45) is 5.92 Å². The number of sulfonamides is 1. The van der Waals surface area contributed by atoms with Crippen molar-refractivity contribution in [2.45, 2.75) is 55.3 Å². The number of amides is 1. The monoisotopic (exact) mass is 565 g/mol. The van der Waals surface area contributed by atoms with Gasteiger partial charge in [-0.1, -0.05) is 13.0 Å². The zero-order valence-electron chi connectivity index (χ0n) is 21.6. The molecular formula is C25H35N5O4S3. The lowest BCUT2D eigenvalue weighted by atomic mass is 9.97. The first-order chi connectivity index (χ1) is 17.5. The van der Waals surface area contributed by atoms with E-state index in [2.05, 4.69) is 35.4 Å². The lowest BCUT2D eigenvalue weighted by Gasteiger charge is -2.34. The lowest BCUT2D eigenvalue weighted by molar-refractivity contribution is 0.0981. The molecule has 1 amide bonds. The minimum absolute atomic E-state index is 0.0592. The summed E-state index contributed by atoms with van der Waals surface area (Å²) in [6.45, 7) is 7.18. The van der Waals surface area contributed by atoms with Gasteiger partial charge in [0.1, 0.15) is 11.6 Å². The summed E-state index contributed by atoms with van der Waals surface area (Å²) in [6.07, 6.45) is 2.00. The van der Waals surface area contributed by atoms with Gasteiger partial charge in [-0.3, -0.25) is 4.79 Å². The summed E-state index contributed by atoms with van der Waals surface area (Å²) >= 11 is 3.72. The van der Waals surface area contributed by atoms with E-state index in [4.69, 9.17) is 15.5 Å². The van der Waals surface area contributed by atoms with Crippen molar-refractivity contribution >= 4 is 51.1 Å². The highest BCUT2D eigenvalue weighted by atomic mass is 32.2. The largest absolute Gasteiger partial charge is 0.384 e. The van der Waals surface area contributed by atoms with Crippen LogP contribution in [0.3, 0.4) is 0 Å². The first-order valence-corrected chi connectivity index (χ1v) is 16.0. The van der Waals surface area contributed by atoms with Gasteiger partial charge in [-0.05, 0) is 56.9 Å². The standard InChI is InChI=1S/C25H35N5O4S3/c1-16-13-25(2,3)30(14-16)23-17(24(31)29-37(32,33)22-7-5-6-21(26)28-22)8-9-19(27-23)18-12-20(18)36-11-10-35-15-34-4/h5-9,16,18,20H,10-15H2,1-4H3,(H2,26,28)(H,29,31)/t16-,18?,20?/m0/s1. The number of nitrogens with zero attached hydrogens (tertiary/aromatic N) is 3. The molecule has 1 aliphatic heterocycles. The fourth-order valence-corrected chi connectivity index (χ4v) is 7.99. The Hall–Kier alpha value is -2.02. The molecule has 0 radical (unpaired) electrons. The third-order valence-corrected chi connectivity index (χ3v) is 10.4. The first-order valence-electron chi connectivity index (χ1n) is 12.3. The molecule has 2 aliphatic rings. The third-order valence-electron chi connectivity index (χ3n) is 6.59. The van der Waals surface area contributed by atoms with E-state index in [0.717, 1.165) is 36.6 Å². The SMILES string of the molecule is COCSCCSC1CC1c1ccc(C(=O)NS(=O)(=O)c2cccc(N)n2)c(N2C[C@@H](C)CC2(C)C)n1. The predicted octanol–water partition coefficient (Wildman–Crippen LogP) is 3.73. The van der Waals surface area contributed by atoms with Crippen molar-refractivity contribution in [1.29, 1.82) is 0 Å². The highest BCUT2D eigenvalue weighted by Gasteiger charge is 2.43. The number of pyridine rings is 2. The minimum Gasteiger partial charge on any atom is -0.384 e. The van der Waals surface area contributed by atoms with Gasteiger partial charge in [0, 0.05) is 47.6 Å². The second kappa shape index (κ2) is 11.4. The number of rotatable bonds is 11. The summed E-state index contributed by atoms with van der Waals surface area (Å²) in [6, 6.07) is 7.85. The van der Waals surface area contributed by atoms with Crippen LogP contribution in [0.1, 0.15) is 55.6 Å². The van der Waals surface area contributed by atoms with Gasteiger partial charge in [-0.15, -0.1) is 11.8 Å². The molecule has 3 N–H and O–H groups in total. The molecule has 3 atom stereocenters. The van der Waals surface area contributed by atoms with Crippen molar-refractivity contribution in [1.82, 2.24) is 14.7 Å². The number of nitrogens with one attached hydrogen (secondary N) is 1. The van der Waals surface area contributed by atoms with Crippen LogP contribution in [-0.4, -0.2) is 66.2 Å². The Labute approximate surface area is 227 Å². The second-order valence-corrected chi connectivity index (χ2v) is 14.3. The number of anilines is 2. The number of ether oxygens (including phenoxy) is 1. The van der Waals surface area contributed by atoms with E-state index in [9.17, 15) is 13.2 Å². The molecule has 0 aromatic carbocycles. The molecule has 9 nitrogen and oxygen atoms in total. The molecule has 1 saturated carbocycles. The Morgan fingerprint density at radius 1 is 1.24 bits per heavy atom. The second-order valence-electron chi connectivity index (χ2n) is 10.2. The van der Waals surface area contributed by atoms with Crippen molar-refractivity contribution in [3.8, 4) is 0 Å². The molecule has 2 aromatic heterocycles. The van der Waals surface area contributed by atoms with E-state index in [0.29, 0.717) is 28.8 Å². The van der Waals surface area contributed by atoms with Gasteiger partial charge in [0.2, 0.25) is 0 Å². The molecule has 2 fully saturated rings. The average molecular weight is 566 g/mol. The lowest BCUT2D eigenvalue weighted by Crippen LogP contribution is -2.41. The maximum Gasteiger partial charge on any atom is 0.281 e. The van der Waals surface area contributed by atoms with Crippen molar-refractivity contribution in [3.63, 3.8) is 0 Å².